The molecule has 2 aromatic rings. The maximum atomic E-state index is 12.0. The number of carbonyl (C=O) groups is 1. The SMILES string of the molecule is C[N+](C)(OC(=O)c1ccccc1)c1ccccc1. The van der Waals surface area contributed by atoms with E-state index in [1.165, 1.54) is 0 Å². The summed E-state index contributed by atoms with van der Waals surface area (Å²) in [6.07, 6.45) is 0. The molecule has 2 rings (SSSR count). The second-order valence-electron chi connectivity index (χ2n) is 4.43. The first-order valence-electron chi connectivity index (χ1n) is 5.78. The highest BCUT2D eigenvalue weighted by Crippen LogP contribution is 2.19. The Balaban J connectivity index is 2.17. The fourth-order valence-electron chi connectivity index (χ4n) is 1.67. The van der Waals surface area contributed by atoms with Crippen molar-refractivity contribution < 1.29 is 9.63 Å². The van der Waals surface area contributed by atoms with E-state index in [9.17, 15) is 4.79 Å². The molecule has 0 atom stereocenters. The third-order valence-corrected chi connectivity index (χ3v) is 2.70. The second-order valence-corrected chi connectivity index (χ2v) is 4.43. The Hall–Kier alpha value is -2.13. The number of quaternary nitrogens is 1. The van der Waals surface area contributed by atoms with E-state index in [1.807, 2.05) is 62.6 Å². The van der Waals surface area contributed by atoms with Crippen molar-refractivity contribution in [1.29, 1.82) is 0 Å². The predicted molar refractivity (Wildman–Crippen MR) is 71.9 cm³/mol. The average Bonchev–Trinajstić information content (AvgIpc) is 2.40. The van der Waals surface area contributed by atoms with Gasteiger partial charge in [0.2, 0.25) is 0 Å². The Morgan fingerprint density at radius 2 is 1.39 bits per heavy atom. The van der Waals surface area contributed by atoms with Gasteiger partial charge >= 0.3 is 5.97 Å². The lowest BCUT2D eigenvalue weighted by Crippen LogP contribution is -2.42. The lowest BCUT2D eigenvalue weighted by atomic mass is 10.2. The molecule has 0 amide bonds. The van der Waals surface area contributed by atoms with Crippen LogP contribution in [0.3, 0.4) is 0 Å². The summed E-state index contributed by atoms with van der Waals surface area (Å²) in [5, 5.41) is 0. The van der Waals surface area contributed by atoms with Gasteiger partial charge in [0.25, 0.3) is 0 Å². The van der Waals surface area contributed by atoms with Crippen LogP contribution in [0.4, 0.5) is 5.69 Å². The van der Waals surface area contributed by atoms with Gasteiger partial charge < -0.3 is 0 Å². The summed E-state index contributed by atoms with van der Waals surface area (Å²) in [5.74, 6) is -0.329. The molecule has 0 heterocycles. The van der Waals surface area contributed by atoms with E-state index in [0.717, 1.165) is 5.69 Å². The molecule has 0 unspecified atom stereocenters. The van der Waals surface area contributed by atoms with Crippen molar-refractivity contribution in [3.63, 3.8) is 0 Å². The molecule has 3 heteroatoms. The van der Waals surface area contributed by atoms with Crippen LogP contribution in [-0.4, -0.2) is 20.1 Å². The molecular formula is C15H16NO2+. The molecule has 0 N–H and O–H groups in total. The van der Waals surface area contributed by atoms with Crippen molar-refractivity contribution in [3.05, 3.63) is 66.2 Å². The quantitative estimate of drug-likeness (QED) is 0.611. The van der Waals surface area contributed by atoms with Crippen LogP contribution in [0, 0.1) is 0 Å². The van der Waals surface area contributed by atoms with Gasteiger partial charge in [-0.15, -0.1) is 4.65 Å². The second kappa shape index (κ2) is 5.02. The van der Waals surface area contributed by atoms with Crippen LogP contribution < -0.4 is 4.65 Å². The number of hydroxylamine groups is 2. The molecule has 0 aliphatic rings. The smallest absolute Gasteiger partial charge is 0.266 e. The number of rotatable bonds is 3. The van der Waals surface area contributed by atoms with Crippen LogP contribution in [0.25, 0.3) is 0 Å². The van der Waals surface area contributed by atoms with Gasteiger partial charge in [0.1, 0.15) is 14.1 Å². The topological polar surface area (TPSA) is 26.3 Å². The highest BCUT2D eigenvalue weighted by Gasteiger charge is 2.25. The zero-order valence-corrected chi connectivity index (χ0v) is 10.5. The number of para-hydroxylation sites is 1. The number of nitrogens with zero attached hydrogens (tertiary/aromatic N) is 1. The van der Waals surface area contributed by atoms with E-state index >= 15 is 0 Å². The van der Waals surface area contributed by atoms with Crippen molar-refractivity contribution in [2.24, 2.45) is 0 Å². The van der Waals surface area contributed by atoms with Gasteiger partial charge in [-0.3, -0.25) is 4.84 Å². The fraction of sp³-hybridized carbons (Fsp3) is 0.133. The van der Waals surface area contributed by atoms with E-state index in [-0.39, 0.29) is 10.6 Å². The molecule has 0 saturated heterocycles. The van der Waals surface area contributed by atoms with Crippen molar-refractivity contribution in [2.75, 3.05) is 14.1 Å². The van der Waals surface area contributed by atoms with Gasteiger partial charge in [0, 0.05) is 12.1 Å². The van der Waals surface area contributed by atoms with Crippen LogP contribution in [0.1, 0.15) is 10.4 Å². The Bertz CT molecular complexity index is 521. The summed E-state index contributed by atoms with van der Waals surface area (Å²) in [5.41, 5.74) is 1.47. The average molecular weight is 242 g/mol. The summed E-state index contributed by atoms with van der Waals surface area (Å²) < 4.78 is 0.0641. The monoisotopic (exact) mass is 242 g/mol. The Labute approximate surface area is 107 Å². The van der Waals surface area contributed by atoms with E-state index < -0.39 is 0 Å². The van der Waals surface area contributed by atoms with Crippen LogP contribution >= 0.6 is 0 Å². The first kappa shape index (κ1) is 12.3. The zero-order valence-electron chi connectivity index (χ0n) is 10.5. The highest BCUT2D eigenvalue weighted by atomic mass is 16.7. The van der Waals surface area contributed by atoms with Gasteiger partial charge in [-0.25, -0.2) is 4.79 Å². The van der Waals surface area contributed by atoms with Crippen molar-refractivity contribution >= 4 is 11.7 Å². The number of carbonyl (C=O) groups excluding carboxylic acids is 1. The first-order valence-corrected chi connectivity index (χ1v) is 5.78. The van der Waals surface area contributed by atoms with Crippen LogP contribution in [0.5, 0.6) is 0 Å². The van der Waals surface area contributed by atoms with Crippen molar-refractivity contribution in [1.82, 2.24) is 4.65 Å². The lowest BCUT2D eigenvalue weighted by Gasteiger charge is -2.25. The minimum atomic E-state index is -0.329. The van der Waals surface area contributed by atoms with E-state index in [1.54, 1.807) is 12.1 Å². The zero-order chi connectivity index (χ0) is 13.0. The van der Waals surface area contributed by atoms with Gasteiger partial charge in [-0.2, -0.15) is 0 Å². The van der Waals surface area contributed by atoms with Crippen molar-refractivity contribution in [2.45, 2.75) is 0 Å². The molecule has 0 aromatic heterocycles. The molecular weight excluding hydrogens is 226 g/mol. The molecule has 0 spiro atoms. The first-order chi connectivity index (χ1) is 8.59. The van der Waals surface area contributed by atoms with Crippen LogP contribution in [0.15, 0.2) is 60.7 Å². The number of hydrogen-bond donors (Lipinski definition) is 0. The van der Waals surface area contributed by atoms with E-state index in [0.29, 0.717) is 5.56 Å². The summed E-state index contributed by atoms with van der Waals surface area (Å²) in [6.45, 7) is 0. The maximum absolute atomic E-state index is 12.0. The van der Waals surface area contributed by atoms with Gasteiger partial charge in [-0.1, -0.05) is 36.4 Å². The molecule has 0 bridgehead atoms. The third-order valence-electron chi connectivity index (χ3n) is 2.70. The minimum Gasteiger partial charge on any atom is -0.266 e. The van der Waals surface area contributed by atoms with Gasteiger partial charge in [-0.05, 0) is 12.1 Å². The maximum Gasteiger partial charge on any atom is 0.397 e. The highest BCUT2D eigenvalue weighted by molar-refractivity contribution is 5.89. The number of hydrogen-bond acceptors (Lipinski definition) is 2. The number of benzene rings is 2. The summed E-state index contributed by atoms with van der Waals surface area (Å²) in [4.78, 5) is 17.5. The van der Waals surface area contributed by atoms with Gasteiger partial charge in [0.15, 0.2) is 5.69 Å². The third kappa shape index (κ3) is 2.76. The molecule has 3 nitrogen and oxygen atoms in total. The Morgan fingerprint density at radius 1 is 0.889 bits per heavy atom. The van der Waals surface area contributed by atoms with Crippen LogP contribution in [0.2, 0.25) is 0 Å². The van der Waals surface area contributed by atoms with Crippen LogP contribution in [-0.2, 0) is 4.84 Å². The standard InChI is InChI=1S/C15H16NO2/c1-16(2,14-11-7-4-8-12-14)18-15(17)13-9-5-3-6-10-13/h3-12H,1-2H3/q+1. The summed E-state index contributed by atoms with van der Waals surface area (Å²) in [7, 11) is 3.66. The summed E-state index contributed by atoms with van der Waals surface area (Å²) >= 11 is 0. The molecule has 0 saturated carbocycles. The normalized spacial score (nSPS) is 11.0. The summed E-state index contributed by atoms with van der Waals surface area (Å²) in [6, 6.07) is 18.6. The van der Waals surface area contributed by atoms with E-state index in [2.05, 4.69) is 0 Å². The molecule has 0 fully saturated rings. The molecule has 0 aliphatic carbocycles. The largest absolute Gasteiger partial charge is 0.397 e. The fourth-order valence-corrected chi connectivity index (χ4v) is 1.67. The Morgan fingerprint density at radius 3 is 1.94 bits per heavy atom. The molecule has 2 aromatic carbocycles. The minimum absolute atomic E-state index is 0.0641. The van der Waals surface area contributed by atoms with E-state index in [4.69, 9.17) is 4.84 Å². The molecule has 92 valence electrons. The predicted octanol–water partition coefficient (Wildman–Crippen LogP) is 3.03. The van der Waals surface area contributed by atoms with Crippen molar-refractivity contribution in [3.8, 4) is 0 Å². The molecule has 18 heavy (non-hydrogen) atoms. The Kier molecular flexibility index (Phi) is 3.44. The van der Waals surface area contributed by atoms with Gasteiger partial charge in [0.05, 0.1) is 5.56 Å². The lowest BCUT2D eigenvalue weighted by molar-refractivity contribution is -0.0643. The molecule has 0 radical (unpaired) electrons. The molecule has 0 aliphatic heterocycles.